The number of hydrogen-bond acceptors (Lipinski definition) is 5. The number of pyridine rings is 1. The van der Waals surface area contributed by atoms with Crippen molar-refractivity contribution >= 4 is 16.0 Å². The maximum atomic E-state index is 12.4. The second kappa shape index (κ2) is 5.62. The van der Waals surface area contributed by atoms with E-state index in [1.165, 1.54) is 6.92 Å². The van der Waals surface area contributed by atoms with Gasteiger partial charge in [0.2, 0.25) is 10.0 Å². The highest BCUT2D eigenvalue weighted by atomic mass is 32.2. The molecule has 0 saturated heterocycles. The Morgan fingerprint density at radius 2 is 2.14 bits per heavy atom. The topological polar surface area (TPSA) is 125 Å². The normalized spacial score (nSPS) is 13.0. The summed E-state index contributed by atoms with van der Waals surface area (Å²) in [6, 6.07) is 4.52. The summed E-state index contributed by atoms with van der Waals surface area (Å²) in [4.78, 5) is 14.7. The van der Waals surface area contributed by atoms with Crippen molar-refractivity contribution in [1.29, 1.82) is 0 Å². The lowest BCUT2D eigenvalue weighted by molar-refractivity contribution is 0.0686. The SMILES string of the molecule is Cc1[nH]nc(C(=O)O)c1S(=O)(=O)N[C@@H](C)c1ccccn1. The molecule has 1 atom stereocenters. The molecule has 0 unspecified atom stereocenters. The van der Waals surface area contributed by atoms with Gasteiger partial charge in [-0.3, -0.25) is 10.1 Å². The smallest absolute Gasteiger partial charge is 0.357 e. The number of aromatic amines is 1. The summed E-state index contributed by atoms with van der Waals surface area (Å²) in [6.07, 6.45) is 1.55. The lowest BCUT2D eigenvalue weighted by atomic mass is 10.2. The molecule has 0 spiro atoms. The molecule has 0 fully saturated rings. The number of carboxylic acids is 1. The van der Waals surface area contributed by atoms with Crippen LogP contribution in [-0.2, 0) is 10.0 Å². The van der Waals surface area contributed by atoms with Gasteiger partial charge in [0, 0.05) is 6.20 Å². The highest BCUT2D eigenvalue weighted by Crippen LogP contribution is 2.20. The molecule has 0 aliphatic heterocycles. The van der Waals surface area contributed by atoms with E-state index in [0.717, 1.165) is 0 Å². The molecule has 2 heterocycles. The zero-order valence-electron chi connectivity index (χ0n) is 11.4. The zero-order chi connectivity index (χ0) is 15.6. The number of H-pyrrole nitrogens is 1. The van der Waals surface area contributed by atoms with Crippen LogP contribution in [0.4, 0.5) is 0 Å². The average molecular weight is 310 g/mol. The van der Waals surface area contributed by atoms with E-state index < -0.39 is 27.7 Å². The Hall–Kier alpha value is -2.26. The van der Waals surface area contributed by atoms with Crippen LogP contribution in [0.3, 0.4) is 0 Å². The van der Waals surface area contributed by atoms with Crippen molar-refractivity contribution in [2.45, 2.75) is 24.8 Å². The van der Waals surface area contributed by atoms with Gasteiger partial charge in [-0.05, 0) is 26.0 Å². The second-order valence-corrected chi connectivity index (χ2v) is 6.08. The van der Waals surface area contributed by atoms with E-state index in [9.17, 15) is 13.2 Å². The lowest BCUT2D eigenvalue weighted by Gasteiger charge is -2.13. The molecule has 2 aromatic rings. The van der Waals surface area contributed by atoms with Crippen molar-refractivity contribution < 1.29 is 18.3 Å². The number of nitrogens with one attached hydrogen (secondary N) is 2. The van der Waals surface area contributed by atoms with E-state index in [4.69, 9.17) is 5.11 Å². The van der Waals surface area contributed by atoms with Gasteiger partial charge < -0.3 is 5.11 Å². The van der Waals surface area contributed by atoms with E-state index in [2.05, 4.69) is 19.9 Å². The summed E-state index contributed by atoms with van der Waals surface area (Å²) < 4.78 is 27.1. The molecule has 3 N–H and O–H groups in total. The van der Waals surface area contributed by atoms with Crippen molar-refractivity contribution in [1.82, 2.24) is 19.9 Å². The first-order valence-electron chi connectivity index (χ1n) is 6.04. The van der Waals surface area contributed by atoms with Crippen molar-refractivity contribution in [2.24, 2.45) is 0 Å². The van der Waals surface area contributed by atoms with Crippen LogP contribution < -0.4 is 4.72 Å². The molecule has 2 aromatic heterocycles. The molecular weight excluding hydrogens is 296 g/mol. The first-order chi connectivity index (χ1) is 9.83. The third kappa shape index (κ3) is 3.09. The predicted octanol–water partition coefficient (Wildman–Crippen LogP) is 0.851. The highest BCUT2D eigenvalue weighted by Gasteiger charge is 2.29. The average Bonchev–Trinajstić information content (AvgIpc) is 2.82. The molecule has 0 radical (unpaired) electrons. The molecule has 21 heavy (non-hydrogen) atoms. The molecule has 0 bridgehead atoms. The number of hydrogen-bond donors (Lipinski definition) is 3. The minimum absolute atomic E-state index is 0.160. The van der Waals surface area contributed by atoms with Crippen molar-refractivity contribution in [2.75, 3.05) is 0 Å². The van der Waals surface area contributed by atoms with Crippen molar-refractivity contribution in [3.8, 4) is 0 Å². The molecule has 0 aliphatic rings. The summed E-state index contributed by atoms with van der Waals surface area (Å²) in [7, 11) is -4.04. The Morgan fingerprint density at radius 3 is 2.71 bits per heavy atom. The maximum absolute atomic E-state index is 12.4. The Bertz CT molecular complexity index is 755. The van der Waals surface area contributed by atoms with Gasteiger partial charge in [0.05, 0.1) is 17.4 Å². The van der Waals surface area contributed by atoms with Crippen LogP contribution in [-0.4, -0.2) is 34.7 Å². The third-order valence-corrected chi connectivity index (χ3v) is 4.53. The second-order valence-electron chi connectivity index (χ2n) is 4.43. The molecule has 0 saturated carbocycles. The highest BCUT2D eigenvalue weighted by molar-refractivity contribution is 7.89. The minimum atomic E-state index is -4.04. The number of rotatable bonds is 5. The molecule has 9 heteroatoms. The summed E-state index contributed by atoms with van der Waals surface area (Å²) in [5, 5.41) is 14.9. The van der Waals surface area contributed by atoms with E-state index in [1.807, 2.05) is 0 Å². The molecule has 0 aromatic carbocycles. The minimum Gasteiger partial charge on any atom is -0.476 e. The number of sulfonamides is 1. The Balaban J connectivity index is 2.36. The van der Waals surface area contributed by atoms with Crippen LogP contribution in [0.25, 0.3) is 0 Å². The third-order valence-electron chi connectivity index (χ3n) is 2.83. The van der Waals surface area contributed by atoms with Gasteiger partial charge in [-0.25, -0.2) is 17.9 Å². The number of aromatic nitrogens is 3. The van der Waals surface area contributed by atoms with Crippen molar-refractivity contribution in [3.63, 3.8) is 0 Å². The predicted molar refractivity (Wildman–Crippen MR) is 73.3 cm³/mol. The number of aryl methyl sites for hydroxylation is 1. The van der Waals surface area contributed by atoms with Gasteiger partial charge >= 0.3 is 5.97 Å². The monoisotopic (exact) mass is 310 g/mol. The van der Waals surface area contributed by atoms with Crippen LogP contribution in [0.5, 0.6) is 0 Å². The van der Waals surface area contributed by atoms with E-state index >= 15 is 0 Å². The Labute approximate surface area is 121 Å². The maximum Gasteiger partial charge on any atom is 0.357 e. The van der Waals surface area contributed by atoms with Gasteiger partial charge in [-0.1, -0.05) is 6.07 Å². The molecule has 0 aliphatic carbocycles. The quantitative estimate of drug-likeness (QED) is 0.752. The Morgan fingerprint density at radius 1 is 1.43 bits per heavy atom. The van der Waals surface area contributed by atoms with Gasteiger partial charge in [0.1, 0.15) is 4.90 Å². The lowest BCUT2D eigenvalue weighted by Crippen LogP contribution is -2.29. The fraction of sp³-hybridized carbons (Fsp3) is 0.250. The van der Waals surface area contributed by atoms with Gasteiger partial charge in [-0.15, -0.1) is 0 Å². The molecule has 8 nitrogen and oxygen atoms in total. The first kappa shape index (κ1) is 15.1. The number of nitrogens with zero attached hydrogens (tertiary/aromatic N) is 2. The van der Waals surface area contributed by atoms with E-state index in [0.29, 0.717) is 5.69 Å². The molecule has 112 valence electrons. The van der Waals surface area contributed by atoms with Gasteiger partial charge in [0.25, 0.3) is 0 Å². The van der Waals surface area contributed by atoms with Crippen LogP contribution in [0.1, 0.15) is 34.8 Å². The molecule has 2 rings (SSSR count). The number of carbonyl (C=O) groups is 1. The largest absolute Gasteiger partial charge is 0.476 e. The number of carboxylic acid groups (broad SMARTS) is 1. The fourth-order valence-corrected chi connectivity index (χ4v) is 3.42. The summed E-state index contributed by atoms with van der Waals surface area (Å²) >= 11 is 0. The first-order valence-corrected chi connectivity index (χ1v) is 7.52. The van der Waals surface area contributed by atoms with Gasteiger partial charge in [-0.2, -0.15) is 5.10 Å². The van der Waals surface area contributed by atoms with Crippen LogP contribution >= 0.6 is 0 Å². The van der Waals surface area contributed by atoms with E-state index in [1.54, 1.807) is 31.3 Å². The van der Waals surface area contributed by atoms with E-state index in [-0.39, 0.29) is 10.6 Å². The van der Waals surface area contributed by atoms with Gasteiger partial charge in [0.15, 0.2) is 5.69 Å². The fourth-order valence-electron chi connectivity index (χ4n) is 1.88. The van der Waals surface area contributed by atoms with Crippen molar-refractivity contribution in [3.05, 3.63) is 41.5 Å². The zero-order valence-corrected chi connectivity index (χ0v) is 12.2. The summed E-state index contributed by atoms with van der Waals surface area (Å²) in [5.74, 6) is -1.41. The molecule has 0 amide bonds. The van der Waals surface area contributed by atoms with Crippen LogP contribution in [0.15, 0.2) is 29.3 Å². The summed E-state index contributed by atoms with van der Waals surface area (Å²) in [6.45, 7) is 3.06. The number of aromatic carboxylic acids is 1. The Kier molecular flexibility index (Phi) is 4.05. The molecular formula is C12H14N4O4S. The van der Waals surface area contributed by atoms with Crippen LogP contribution in [0, 0.1) is 6.92 Å². The summed E-state index contributed by atoms with van der Waals surface area (Å²) in [5.41, 5.74) is 0.153. The standard InChI is InChI=1S/C12H14N4O4S/c1-7(9-5-3-4-6-13-9)16-21(19,20)11-8(2)14-15-10(11)12(17)18/h3-7,16H,1-2H3,(H,14,15)(H,17,18)/t7-/m0/s1. The van der Waals surface area contributed by atoms with Crippen LogP contribution in [0.2, 0.25) is 0 Å².